The van der Waals surface area contributed by atoms with Crippen LogP contribution in [0, 0.1) is 0 Å². The fraction of sp³-hybridized carbons (Fsp3) is 0.417. The summed E-state index contributed by atoms with van der Waals surface area (Å²) in [7, 11) is -2.50. The number of rotatable bonds is 3. The molecule has 21 heavy (non-hydrogen) atoms. The minimum atomic E-state index is -3.87. The molecule has 1 amide bonds. The molecule has 1 fully saturated rings. The molecule has 1 saturated heterocycles. The first kappa shape index (κ1) is 16.5. The Hall–Kier alpha value is -0.830. The van der Waals surface area contributed by atoms with Gasteiger partial charge in [0.05, 0.1) is 18.1 Å². The van der Waals surface area contributed by atoms with Gasteiger partial charge < -0.3 is 10.1 Å². The van der Waals surface area contributed by atoms with Crippen molar-refractivity contribution in [2.45, 2.75) is 11.3 Å². The molecule has 1 aliphatic heterocycles. The minimum absolute atomic E-state index is 0.0564. The predicted octanol–water partition coefficient (Wildman–Crippen LogP) is 1.62. The van der Waals surface area contributed by atoms with Crippen molar-refractivity contribution in [3.63, 3.8) is 0 Å². The molecule has 2 rings (SSSR count). The number of amides is 1. The second kappa shape index (κ2) is 6.51. The second-order valence-electron chi connectivity index (χ2n) is 4.46. The Bertz CT molecular complexity index is 665. The molecule has 0 bridgehead atoms. The lowest BCUT2D eigenvalue weighted by Gasteiger charge is -2.21. The van der Waals surface area contributed by atoms with Gasteiger partial charge in [0.25, 0.3) is 0 Å². The zero-order valence-corrected chi connectivity index (χ0v) is 14.4. The minimum Gasteiger partial charge on any atom is -0.494 e. The molecule has 0 unspecified atom stereocenters. The van der Waals surface area contributed by atoms with Crippen LogP contribution in [0.15, 0.2) is 21.5 Å². The normalized spacial score (nSPS) is 17.2. The topological polar surface area (TPSA) is 75.7 Å². The highest BCUT2D eigenvalue weighted by Gasteiger charge is 2.31. The van der Waals surface area contributed by atoms with E-state index in [1.165, 1.54) is 13.2 Å². The molecular weight excluding hydrogens is 384 g/mol. The molecule has 0 aromatic heterocycles. The van der Waals surface area contributed by atoms with Crippen molar-refractivity contribution in [3.05, 3.63) is 21.6 Å². The molecule has 0 atom stereocenters. The van der Waals surface area contributed by atoms with Crippen molar-refractivity contribution in [1.82, 2.24) is 9.62 Å². The van der Waals surface area contributed by atoms with Crippen LogP contribution in [0.25, 0.3) is 0 Å². The maximum Gasteiger partial charge on any atom is 0.247 e. The fourth-order valence-corrected chi connectivity index (χ4v) is 4.86. The van der Waals surface area contributed by atoms with E-state index >= 15 is 0 Å². The summed E-state index contributed by atoms with van der Waals surface area (Å²) >= 11 is 9.17. The number of carbonyl (C=O) groups excluding carboxylic acids is 1. The number of nitrogens with zero attached hydrogens (tertiary/aromatic N) is 1. The number of methoxy groups -OCH3 is 1. The molecule has 0 aliphatic carbocycles. The van der Waals surface area contributed by atoms with E-state index < -0.39 is 10.0 Å². The lowest BCUT2D eigenvalue weighted by Crippen LogP contribution is -2.37. The Balaban J connectivity index is 2.50. The van der Waals surface area contributed by atoms with Crippen molar-refractivity contribution in [3.8, 4) is 5.75 Å². The van der Waals surface area contributed by atoms with Crippen LogP contribution in [0.3, 0.4) is 0 Å². The van der Waals surface area contributed by atoms with Crippen molar-refractivity contribution >= 4 is 43.5 Å². The fourth-order valence-electron chi connectivity index (χ4n) is 2.05. The van der Waals surface area contributed by atoms with E-state index in [0.29, 0.717) is 17.4 Å². The monoisotopic (exact) mass is 396 g/mol. The summed E-state index contributed by atoms with van der Waals surface area (Å²) < 4.78 is 32.2. The van der Waals surface area contributed by atoms with E-state index in [4.69, 9.17) is 16.3 Å². The first-order chi connectivity index (χ1) is 9.86. The number of hydrogen-bond donors (Lipinski definition) is 1. The summed E-state index contributed by atoms with van der Waals surface area (Å²) in [6.45, 7) is 0.505. The number of halogens is 2. The number of carbonyl (C=O) groups is 1. The number of ether oxygens (including phenoxy) is 1. The maximum absolute atomic E-state index is 12.8. The van der Waals surface area contributed by atoms with E-state index in [1.54, 1.807) is 6.07 Å². The van der Waals surface area contributed by atoms with Crippen molar-refractivity contribution in [1.29, 1.82) is 0 Å². The molecule has 0 radical (unpaired) electrons. The Labute approximate surface area is 136 Å². The van der Waals surface area contributed by atoms with Crippen LogP contribution in [-0.4, -0.2) is 45.4 Å². The molecule has 1 aromatic rings. The smallest absolute Gasteiger partial charge is 0.247 e. The molecule has 1 aliphatic rings. The highest BCUT2D eigenvalue weighted by molar-refractivity contribution is 9.10. The van der Waals surface area contributed by atoms with Gasteiger partial charge in [-0.2, -0.15) is 4.31 Å². The zero-order valence-electron chi connectivity index (χ0n) is 11.2. The Kier molecular flexibility index (Phi) is 5.13. The maximum atomic E-state index is 12.8. The third-order valence-electron chi connectivity index (χ3n) is 3.02. The lowest BCUT2D eigenvalue weighted by molar-refractivity contribution is -0.120. The Morgan fingerprint density at radius 1 is 1.43 bits per heavy atom. The van der Waals surface area contributed by atoms with Crippen LogP contribution in [-0.2, 0) is 14.8 Å². The molecule has 116 valence electrons. The van der Waals surface area contributed by atoms with Crippen LogP contribution < -0.4 is 10.1 Å². The van der Waals surface area contributed by atoms with Gasteiger partial charge in [0.1, 0.15) is 4.90 Å². The second-order valence-corrected chi connectivity index (χ2v) is 7.66. The number of nitrogens with one attached hydrogen (secondary N) is 1. The van der Waals surface area contributed by atoms with Crippen LogP contribution >= 0.6 is 27.5 Å². The third-order valence-corrected chi connectivity index (χ3v) is 5.68. The summed E-state index contributed by atoms with van der Waals surface area (Å²) in [5, 5.41) is 2.90. The highest BCUT2D eigenvalue weighted by atomic mass is 79.9. The standard InChI is InChI=1S/C12H14BrClN2O4S/c1-20-12-9(13)5-8(14)6-10(12)21(18,19)16-4-2-3-15-11(17)7-16/h5-6H,2-4,7H2,1H3,(H,15,17). The first-order valence-corrected chi connectivity index (χ1v) is 8.77. The van der Waals surface area contributed by atoms with Gasteiger partial charge in [-0.05, 0) is 34.5 Å². The van der Waals surface area contributed by atoms with Crippen molar-refractivity contribution < 1.29 is 17.9 Å². The van der Waals surface area contributed by atoms with Crippen molar-refractivity contribution in [2.24, 2.45) is 0 Å². The van der Waals surface area contributed by atoms with Crippen LogP contribution in [0.1, 0.15) is 6.42 Å². The summed E-state index contributed by atoms with van der Waals surface area (Å²) in [6.07, 6.45) is 0.551. The van der Waals surface area contributed by atoms with Crippen LogP contribution in [0.4, 0.5) is 0 Å². The van der Waals surface area contributed by atoms with Gasteiger partial charge in [-0.1, -0.05) is 11.6 Å². The largest absolute Gasteiger partial charge is 0.494 e. The molecule has 1 heterocycles. The highest BCUT2D eigenvalue weighted by Crippen LogP contribution is 2.36. The summed E-state index contributed by atoms with van der Waals surface area (Å²) in [5.41, 5.74) is 0. The summed E-state index contributed by atoms with van der Waals surface area (Å²) in [6, 6.07) is 2.87. The molecule has 1 aromatic carbocycles. The molecular formula is C12H14BrClN2O4S. The van der Waals surface area contributed by atoms with Gasteiger partial charge in [-0.25, -0.2) is 8.42 Å². The molecule has 0 spiro atoms. The number of sulfonamides is 1. The molecule has 0 saturated carbocycles. The third kappa shape index (κ3) is 3.50. The van der Waals surface area contributed by atoms with Crippen LogP contribution in [0.2, 0.25) is 5.02 Å². The van der Waals surface area contributed by atoms with Gasteiger partial charge in [-0.15, -0.1) is 0 Å². The number of hydrogen-bond acceptors (Lipinski definition) is 4. The quantitative estimate of drug-likeness (QED) is 0.841. The van der Waals surface area contributed by atoms with E-state index in [2.05, 4.69) is 21.2 Å². The number of benzene rings is 1. The van der Waals surface area contributed by atoms with Gasteiger partial charge in [0.2, 0.25) is 15.9 Å². The molecule has 9 heteroatoms. The summed E-state index contributed by atoms with van der Waals surface area (Å²) in [5.74, 6) is -0.153. The molecule has 1 N–H and O–H groups in total. The summed E-state index contributed by atoms with van der Waals surface area (Å²) in [4.78, 5) is 11.5. The zero-order chi connectivity index (χ0) is 15.6. The van der Waals surface area contributed by atoms with Gasteiger partial charge in [-0.3, -0.25) is 4.79 Å². The Morgan fingerprint density at radius 3 is 2.81 bits per heavy atom. The molecule has 6 nitrogen and oxygen atoms in total. The Morgan fingerprint density at radius 2 is 2.14 bits per heavy atom. The lowest BCUT2D eigenvalue weighted by atomic mass is 10.3. The first-order valence-electron chi connectivity index (χ1n) is 6.16. The average molecular weight is 398 g/mol. The predicted molar refractivity (Wildman–Crippen MR) is 82.1 cm³/mol. The average Bonchev–Trinajstić information content (AvgIpc) is 2.63. The van der Waals surface area contributed by atoms with E-state index in [0.717, 1.165) is 4.31 Å². The SMILES string of the molecule is COc1c(Br)cc(Cl)cc1S(=O)(=O)N1CCCNC(=O)C1. The van der Waals surface area contributed by atoms with Gasteiger partial charge in [0, 0.05) is 18.1 Å². The van der Waals surface area contributed by atoms with E-state index in [1.807, 2.05) is 0 Å². The van der Waals surface area contributed by atoms with Gasteiger partial charge >= 0.3 is 0 Å². The van der Waals surface area contributed by atoms with Crippen LogP contribution in [0.5, 0.6) is 5.75 Å². The van der Waals surface area contributed by atoms with Gasteiger partial charge in [0.15, 0.2) is 5.75 Å². The van der Waals surface area contributed by atoms with E-state index in [9.17, 15) is 13.2 Å². The van der Waals surface area contributed by atoms with E-state index in [-0.39, 0.29) is 34.7 Å². The van der Waals surface area contributed by atoms with Crippen molar-refractivity contribution in [2.75, 3.05) is 26.7 Å².